The van der Waals surface area contributed by atoms with Crippen molar-refractivity contribution < 1.29 is 4.74 Å². The Hall–Kier alpha value is -1.02. The van der Waals surface area contributed by atoms with Gasteiger partial charge in [0.1, 0.15) is 5.75 Å². The van der Waals surface area contributed by atoms with Gasteiger partial charge in [-0.25, -0.2) is 0 Å². The minimum atomic E-state index is 0.617. The zero-order chi connectivity index (χ0) is 12.8. The topological polar surface area (TPSA) is 21.3 Å². The van der Waals surface area contributed by atoms with E-state index in [4.69, 9.17) is 4.74 Å². The zero-order valence-electron chi connectivity index (χ0n) is 11.6. The summed E-state index contributed by atoms with van der Waals surface area (Å²) in [6.07, 6.45) is 3.80. The van der Waals surface area contributed by atoms with E-state index in [0.717, 1.165) is 31.4 Å². The van der Waals surface area contributed by atoms with Gasteiger partial charge in [0, 0.05) is 11.5 Å². The molecule has 2 nitrogen and oxygen atoms in total. The number of hydrogen-bond donors (Lipinski definition) is 1. The quantitative estimate of drug-likeness (QED) is 0.744. The maximum atomic E-state index is 5.71. The highest BCUT2D eigenvalue weighted by molar-refractivity contribution is 5.39. The lowest BCUT2D eigenvalue weighted by atomic mass is 9.95. The zero-order valence-corrected chi connectivity index (χ0v) is 11.6. The summed E-state index contributed by atoms with van der Waals surface area (Å²) in [6, 6.07) is 8.46. The highest BCUT2D eigenvalue weighted by Crippen LogP contribution is 2.36. The number of nitrogens with one attached hydrogen (secondary N) is 1. The van der Waals surface area contributed by atoms with E-state index in [1.165, 1.54) is 24.8 Å². The molecule has 0 aromatic heterocycles. The van der Waals surface area contributed by atoms with Gasteiger partial charge in [0.25, 0.3) is 0 Å². The second-order valence-corrected chi connectivity index (χ2v) is 5.64. The van der Waals surface area contributed by atoms with Crippen LogP contribution in [0.25, 0.3) is 0 Å². The third-order valence-corrected chi connectivity index (χ3v) is 3.51. The molecule has 1 N–H and O–H groups in total. The van der Waals surface area contributed by atoms with Gasteiger partial charge in [-0.3, -0.25) is 0 Å². The average molecular weight is 247 g/mol. The lowest BCUT2D eigenvalue weighted by Crippen LogP contribution is -2.20. The van der Waals surface area contributed by atoms with Gasteiger partial charge >= 0.3 is 0 Å². The first-order valence-electron chi connectivity index (χ1n) is 7.20. The van der Waals surface area contributed by atoms with Crippen molar-refractivity contribution in [1.29, 1.82) is 0 Å². The molecule has 1 atom stereocenters. The van der Waals surface area contributed by atoms with Crippen LogP contribution < -0.4 is 10.1 Å². The molecule has 18 heavy (non-hydrogen) atoms. The van der Waals surface area contributed by atoms with Crippen molar-refractivity contribution in [1.82, 2.24) is 5.32 Å². The molecule has 1 aromatic rings. The molecule has 1 unspecified atom stereocenters. The Morgan fingerprint density at radius 2 is 2.11 bits per heavy atom. The third kappa shape index (κ3) is 3.74. The van der Waals surface area contributed by atoms with Gasteiger partial charge in [0.2, 0.25) is 0 Å². The number of ether oxygens (including phenoxy) is 1. The summed E-state index contributed by atoms with van der Waals surface area (Å²) < 4.78 is 5.71. The molecule has 1 aromatic carbocycles. The number of para-hydroxylation sites is 1. The van der Waals surface area contributed by atoms with Crippen molar-refractivity contribution >= 4 is 0 Å². The van der Waals surface area contributed by atoms with Crippen molar-refractivity contribution in [2.75, 3.05) is 19.7 Å². The molecule has 0 aliphatic carbocycles. The molecule has 0 fully saturated rings. The van der Waals surface area contributed by atoms with E-state index in [-0.39, 0.29) is 0 Å². The predicted molar refractivity (Wildman–Crippen MR) is 76.2 cm³/mol. The van der Waals surface area contributed by atoms with Crippen LogP contribution in [0, 0.1) is 5.92 Å². The van der Waals surface area contributed by atoms with E-state index in [1.54, 1.807) is 0 Å². The Morgan fingerprint density at radius 3 is 2.94 bits per heavy atom. The van der Waals surface area contributed by atoms with Gasteiger partial charge in [-0.1, -0.05) is 38.5 Å². The third-order valence-electron chi connectivity index (χ3n) is 3.51. The second kappa shape index (κ2) is 6.79. The summed E-state index contributed by atoms with van der Waals surface area (Å²) in [5.41, 5.74) is 1.41. The number of hydrogen-bond acceptors (Lipinski definition) is 2. The molecule has 0 saturated heterocycles. The van der Waals surface area contributed by atoms with E-state index < -0.39 is 0 Å². The summed E-state index contributed by atoms with van der Waals surface area (Å²) in [4.78, 5) is 0. The molecule has 1 aliphatic heterocycles. The van der Waals surface area contributed by atoms with Crippen molar-refractivity contribution in [3.8, 4) is 5.75 Å². The minimum absolute atomic E-state index is 0.617. The highest BCUT2D eigenvalue weighted by atomic mass is 16.5. The fourth-order valence-corrected chi connectivity index (χ4v) is 2.50. The normalized spacial score (nSPS) is 17.8. The van der Waals surface area contributed by atoms with Crippen LogP contribution in [-0.4, -0.2) is 19.7 Å². The summed E-state index contributed by atoms with van der Waals surface area (Å²) >= 11 is 0. The summed E-state index contributed by atoms with van der Waals surface area (Å²) in [5.74, 6) is 2.46. The minimum Gasteiger partial charge on any atom is -0.493 e. The van der Waals surface area contributed by atoms with E-state index >= 15 is 0 Å². The summed E-state index contributed by atoms with van der Waals surface area (Å²) in [7, 11) is 0. The van der Waals surface area contributed by atoms with Crippen LogP contribution in [0.15, 0.2) is 24.3 Å². The van der Waals surface area contributed by atoms with Crippen molar-refractivity contribution in [3.63, 3.8) is 0 Å². The first-order valence-corrected chi connectivity index (χ1v) is 7.20. The lowest BCUT2D eigenvalue weighted by Gasteiger charge is -2.10. The van der Waals surface area contributed by atoms with Crippen molar-refractivity contribution in [2.45, 2.75) is 39.0 Å². The van der Waals surface area contributed by atoms with Crippen LogP contribution in [0.1, 0.15) is 44.6 Å². The van der Waals surface area contributed by atoms with Gasteiger partial charge in [0.15, 0.2) is 0 Å². The number of rotatable bonds is 7. The number of fused-ring (bicyclic) bond motifs is 1. The van der Waals surface area contributed by atoms with Gasteiger partial charge in [-0.15, -0.1) is 0 Å². The Bertz CT molecular complexity index is 362. The van der Waals surface area contributed by atoms with Crippen LogP contribution in [-0.2, 0) is 0 Å². The van der Waals surface area contributed by atoms with Crippen LogP contribution >= 0.6 is 0 Å². The second-order valence-electron chi connectivity index (χ2n) is 5.64. The van der Waals surface area contributed by atoms with E-state index in [9.17, 15) is 0 Å². The lowest BCUT2D eigenvalue weighted by molar-refractivity contribution is 0.322. The Labute approximate surface area is 111 Å². The molecule has 0 amide bonds. The van der Waals surface area contributed by atoms with Gasteiger partial charge in [0.05, 0.1) is 6.61 Å². The number of benzene rings is 1. The van der Waals surface area contributed by atoms with Gasteiger partial charge in [-0.05, 0) is 37.9 Å². The fourth-order valence-electron chi connectivity index (χ4n) is 2.50. The van der Waals surface area contributed by atoms with E-state index in [0.29, 0.717) is 5.92 Å². The Morgan fingerprint density at radius 1 is 1.28 bits per heavy atom. The molecule has 0 spiro atoms. The largest absolute Gasteiger partial charge is 0.493 e. The van der Waals surface area contributed by atoms with Crippen molar-refractivity contribution in [3.05, 3.63) is 29.8 Å². The van der Waals surface area contributed by atoms with Gasteiger partial charge < -0.3 is 10.1 Å². The van der Waals surface area contributed by atoms with Crippen LogP contribution in [0.2, 0.25) is 0 Å². The molecular weight excluding hydrogens is 222 g/mol. The van der Waals surface area contributed by atoms with Gasteiger partial charge in [-0.2, -0.15) is 0 Å². The first-order chi connectivity index (χ1) is 8.77. The van der Waals surface area contributed by atoms with Crippen molar-refractivity contribution in [2.24, 2.45) is 5.92 Å². The molecule has 2 heteroatoms. The van der Waals surface area contributed by atoms with E-state index in [1.807, 2.05) is 0 Å². The molecule has 0 bridgehead atoms. The summed E-state index contributed by atoms with van der Waals surface area (Å²) in [6.45, 7) is 7.65. The number of unbranched alkanes of at least 4 members (excludes halogenated alkanes) is 1. The molecule has 1 aliphatic rings. The maximum absolute atomic E-state index is 5.71. The Kier molecular flexibility index (Phi) is 5.06. The summed E-state index contributed by atoms with van der Waals surface area (Å²) in [5, 5.41) is 3.50. The monoisotopic (exact) mass is 247 g/mol. The first kappa shape index (κ1) is 13.4. The SMILES string of the molecule is CC(C)CNCCCCC1COc2ccccc21. The van der Waals surface area contributed by atoms with Crippen LogP contribution in [0.4, 0.5) is 0 Å². The Balaban J connectivity index is 1.64. The molecule has 0 radical (unpaired) electrons. The molecule has 1 heterocycles. The highest BCUT2D eigenvalue weighted by Gasteiger charge is 2.22. The standard InChI is InChI=1S/C16H25NO/c1-13(2)11-17-10-6-5-7-14-12-18-16-9-4-3-8-15(14)16/h3-4,8-9,13-14,17H,5-7,10-12H2,1-2H3. The van der Waals surface area contributed by atoms with Crippen LogP contribution in [0.3, 0.4) is 0 Å². The predicted octanol–water partition coefficient (Wildman–Crippen LogP) is 3.58. The average Bonchev–Trinajstić information content (AvgIpc) is 2.77. The molecule has 0 saturated carbocycles. The molecule has 100 valence electrons. The molecule has 2 rings (SSSR count). The van der Waals surface area contributed by atoms with Crippen LogP contribution in [0.5, 0.6) is 5.75 Å². The molecular formula is C16H25NO. The fraction of sp³-hybridized carbons (Fsp3) is 0.625. The smallest absolute Gasteiger partial charge is 0.122 e. The maximum Gasteiger partial charge on any atom is 0.122 e. The van der Waals surface area contributed by atoms with E-state index in [2.05, 4.69) is 43.4 Å².